The van der Waals surface area contributed by atoms with Crippen molar-refractivity contribution in [2.45, 2.75) is 51.0 Å². The van der Waals surface area contributed by atoms with E-state index in [-0.39, 0.29) is 35.7 Å². The Kier molecular flexibility index (Phi) is 8.02. The highest BCUT2D eigenvalue weighted by atomic mass is 19.1. The monoisotopic (exact) mass is 656 g/mol. The second-order valence-corrected chi connectivity index (χ2v) is 12.5. The van der Waals surface area contributed by atoms with Crippen molar-refractivity contribution in [2.24, 2.45) is 11.1 Å². The maximum Gasteiger partial charge on any atom is 0.252 e. The van der Waals surface area contributed by atoms with Gasteiger partial charge in [-0.05, 0) is 73.7 Å². The lowest BCUT2D eigenvalue weighted by Crippen LogP contribution is -2.41. The molecule has 1 aromatic heterocycles. The largest absolute Gasteiger partial charge is 0.493 e. The highest BCUT2D eigenvalue weighted by Gasteiger charge is 2.57. The van der Waals surface area contributed by atoms with E-state index in [1.807, 2.05) is 0 Å². The van der Waals surface area contributed by atoms with Crippen molar-refractivity contribution >= 4 is 34.1 Å². The highest BCUT2D eigenvalue weighted by molar-refractivity contribution is 6.16. The van der Waals surface area contributed by atoms with Crippen molar-refractivity contribution in [3.8, 4) is 23.0 Å². The molecule has 3 aromatic carbocycles. The molecule has 2 fully saturated rings. The molecule has 12 heteroatoms. The second-order valence-electron chi connectivity index (χ2n) is 12.5. The summed E-state index contributed by atoms with van der Waals surface area (Å²) in [4.78, 5) is 42.4. The van der Waals surface area contributed by atoms with Crippen molar-refractivity contribution in [3.05, 3.63) is 93.9 Å². The number of nitrogens with two attached hydrogens (primary N) is 1. The number of nitrogens with zero attached hydrogens (tertiary/aromatic N) is 1. The molecular weight excluding hydrogens is 622 g/mol. The molecule has 3 aliphatic carbocycles. The molecule has 2 saturated carbocycles. The third-order valence-corrected chi connectivity index (χ3v) is 9.23. The summed E-state index contributed by atoms with van der Waals surface area (Å²) in [6.07, 6.45) is 6.27. The van der Waals surface area contributed by atoms with E-state index >= 15 is 4.39 Å². The molecule has 48 heavy (non-hydrogen) atoms. The zero-order valence-corrected chi connectivity index (χ0v) is 26.2. The lowest BCUT2D eigenvalue weighted by Gasteiger charge is -2.26. The summed E-state index contributed by atoms with van der Waals surface area (Å²) in [6.45, 7) is 0.382. The van der Waals surface area contributed by atoms with E-state index in [0.29, 0.717) is 35.1 Å². The predicted octanol–water partition coefficient (Wildman–Crippen LogP) is 6.11. The number of primary amides is 1. The Labute approximate surface area is 274 Å². The van der Waals surface area contributed by atoms with Crippen molar-refractivity contribution in [1.82, 2.24) is 10.3 Å². The number of carbonyl (C=O) groups excluding carboxylic acids is 2. The first-order valence-corrected chi connectivity index (χ1v) is 15.9. The van der Waals surface area contributed by atoms with Crippen LogP contribution in [0.1, 0.15) is 44.9 Å². The van der Waals surface area contributed by atoms with E-state index in [9.17, 15) is 18.8 Å². The molecule has 0 spiro atoms. The Hall–Kier alpha value is -5.39. The summed E-state index contributed by atoms with van der Waals surface area (Å²) in [6, 6.07) is 13.9. The fourth-order valence-electron chi connectivity index (χ4n) is 6.24. The Balaban J connectivity index is 1.15. The first kappa shape index (κ1) is 31.2. The van der Waals surface area contributed by atoms with Gasteiger partial charge in [-0.15, -0.1) is 0 Å². The lowest BCUT2D eigenvalue weighted by molar-refractivity contribution is -0.133. The fraction of sp³-hybridized carbons (Fsp3) is 0.306. The van der Waals surface area contributed by atoms with Gasteiger partial charge in [0.05, 0.1) is 18.3 Å². The standard InChI is InChI=1S/C36H34F2N4O6/c1-46-31-16-25-28(17-32(31)47-19-20-14-27(20)40-22-4-2-3-5-22)41-33(43)18-30(25)48-29-11-10-24(15-26(29)38)42(23-8-6-21(37)7-9-23)35(45)36(12-13-36)34(39)44/h6-11,15-18,22,40H,2-5,12-14,19H2,1H3,(H2,39,44)(H,41,43). The first-order valence-electron chi connectivity index (χ1n) is 15.9. The number of carbonyl (C=O) groups is 2. The van der Waals surface area contributed by atoms with E-state index in [4.69, 9.17) is 19.9 Å². The van der Waals surface area contributed by atoms with Crippen molar-refractivity contribution < 1.29 is 32.6 Å². The Morgan fingerprint density at radius 2 is 1.69 bits per heavy atom. The van der Waals surface area contributed by atoms with Crippen molar-refractivity contribution in [3.63, 3.8) is 0 Å². The van der Waals surface area contributed by atoms with Gasteiger partial charge in [-0.1, -0.05) is 12.8 Å². The molecule has 7 rings (SSSR count). The smallest absolute Gasteiger partial charge is 0.252 e. The van der Waals surface area contributed by atoms with Gasteiger partial charge in [-0.3, -0.25) is 19.3 Å². The quantitative estimate of drug-likeness (QED) is 0.157. The number of aromatic amines is 1. The molecule has 2 amide bonds. The Morgan fingerprint density at radius 3 is 2.35 bits per heavy atom. The van der Waals surface area contributed by atoms with Crippen LogP contribution in [-0.2, 0) is 9.59 Å². The average Bonchev–Trinajstić information content (AvgIpc) is 3.97. The van der Waals surface area contributed by atoms with Crippen LogP contribution in [0.5, 0.6) is 23.0 Å². The Morgan fingerprint density at radius 1 is 0.958 bits per heavy atom. The number of fused-ring (bicyclic) bond motifs is 1. The van der Waals surface area contributed by atoms with Crippen LogP contribution in [0.3, 0.4) is 0 Å². The zero-order valence-electron chi connectivity index (χ0n) is 26.2. The number of methoxy groups -OCH3 is 1. The van der Waals surface area contributed by atoms with E-state index in [1.165, 1.54) is 74.4 Å². The van der Waals surface area contributed by atoms with Crippen LogP contribution in [0.4, 0.5) is 20.2 Å². The van der Waals surface area contributed by atoms with Gasteiger partial charge in [0.2, 0.25) is 11.8 Å². The number of hydrogen-bond acceptors (Lipinski definition) is 7. The summed E-state index contributed by atoms with van der Waals surface area (Å²) >= 11 is 0. The SMILES string of the molecule is COc1cc2c(Oc3ccc(N(C(=O)C4(C(N)=O)CC4)c4ccc(F)cc4)cc3F)cc(=O)[nH]c2cc1OCC1=C(NC2CCCC2)C1. The van der Waals surface area contributed by atoms with E-state index in [2.05, 4.69) is 10.3 Å². The van der Waals surface area contributed by atoms with E-state index in [1.54, 1.807) is 12.1 Å². The number of anilines is 2. The molecule has 0 bridgehead atoms. The third kappa shape index (κ3) is 6.05. The van der Waals surface area contributed by atoms with Crippen LogP contribution in [0.2, 0.25) is 0 Å². The summed E-state index contributed by atoms with van der Waals surface area (Å²) in [5, 5.41) is 4.04. The van der Waals surface area contributed by atoms with Crippen molar-refractivity contribution in [1.29, 1.82) is 0 Å². The number of allylic oxidation sites excluding steroid dienone is 1. The van der Waals surface area contributed by atoms with Crippen molar-refractivity contribution in [2.75, 3.05) is 18.6 Å². The van der Waals surface area contributed by atoms with Crippen LogP contribution in [0, 0.1) is 17.0 Å². The van der Waals surface area contributed by atoms with Crippen LogP contribution in [-0.4, -0.2) is 36.6 Å². The molecule has 4 N–H and O–H groups in total. The van der Waals surface area contributed by atoms with Gasteiger partial charge in [-0.2, -0.15) is 0 Å². The van der Waals surface area contributed by atoms with Gasteiger partial charge in [0.25, 0.3) is 5.56 Å². The van der Waals surface area contributed by atoms with E-state index in [0.717, 1.165) is 29.5 Å². The number of H-pyrrole nitrogens is 1. The number of aromatic nitrogens is 1. The molecule has 0 radical (unpaired) electrons. The van der Waals surface area contributed by atoms with Gasteiger partial charge in [-0.25, -0.2) is 8.78 Å². The minimum Gasteiger partial charge on any atom is -0.493 e. The van der Waals surface area contributed by atoms with Gasteiger partial charge in [0.1, 0.15) is 23.6 Å². The van der Waals surface area contributed by atoms with Gasteiger partial charge >= 0.3 is 0 Å². The van der Waals surface area contributed by atoms with Gasteiger partial charge in [0.15, 0.2) is 23.1 Å². The van der Waals surface area contributed by atoms with Crippen LogP contribution < -0.4 is 35.7 Å². The topological polar surface area (TPSA) is 136 Å². The molecule has 0 unspecified atom stereocenters. The predicted molar refractivity (Wildman–Crippen MR) is 175 cm³/mol. The van der Waals surface area contributed by atoms with Crippen LogP contribution >= 0.6 is 0 Å². The second kappa shape index (κ2) is 12.3. The number of pyridine rings is 1. The number of benzene rings is 3. The molecule has 1 heterocycles. The minimum absolute atomic E-state index is 0.0651. The van der Waals surface area contributed by atoms with E-state index < -0.39 is 34.4 Å². The van der Waals surface area contributed by atoms with Crippen LogP contribution in [0.15, 0.2) is 76.7 Å². The maximum atomic E-state index is 15.7. The minimum atomic E-state index is -1.42. The molecular formula is C36H34F2N4O6. The number of hydrogen-bond donors (Lipinski definition) is 3. The molecule has 4 aromatic rings. The normalized spacial score (nSPS) is 16.5. The first-order chi connectivity index (χ1) is 23.1. The van der Waals surface area contributed by atoms with Crippen LogP contribution in [0.25, 0.3) is 10.9 Å². The van der Waals surface area contributed by atoms with Gasteiger partial charge < -0.3 is 30.2 Å². The molecule has 0 atom stereocenters. The fourth-order valence-corrected chi connectivity index (χ4v) is 6.24. The number of rotatable bonds is 12. The zero-order chi connectivity index (χ0) is 33.6. The number of amides is 2. The summed E-state index contributed by atoms with van der Waals surface area (Å²) < 4.78 is 47.0. The number of ether oxygens (including phenoxy) is 3. The molecule has 0 aliphatic heterocycles. The maximum absolute atomic E-state index is 15.7. The lowest BCUT2D eigenvalue weighted by atomic mass is 10.0. The molecule has 248 valence electrons. The Bertz CT molecular complexity index is 2020. The summed E-state index contributed by atoms with van der Waals surface area (Å²) in [5.74, 6) is -2.13. The average molecular weight is 657 g/mol. The highest BCUT2D eigenvalue weighted by Crippen LogP contribution is 2.49. The number of halogens is 2. The number of nitrogens with one attached hydrogen (secondary N) is 2. The third-order valence-electron chi connectivity index (χ3n) is 9.23. The van der Waals surface area contributed by atoms with Gasteiger partial charge in [0, 0.05) is 47.4 Å². The summed E-state index contributed by atoms with van der Waals surface area (Å²) in [7, 11) is 1.50. The molecule has 3 aliphatic rings. The summed E-state index contributed by atoms with van der Waals surface area (Å²) in [5.41, 5.74) is 6.78. The molecule has 0 saturated heterocycles. The molecule has 10 nitrogen and oxygen atoms in total.